The molecule has 1 aromatic heterocycles. The molecule has 2 nitrogen and oxygen atoms in total. The van der Waals surface area contributed by atoms with Crippen LogP contribution in [0.15, 0.2) is 78.9 Å². The largest absolute Gasteiger partial charge is 0.361 e. The molecule has 0 amide bonds. The van der Waals surface area contributed by atoms with Crippen molar-refractivity contribution in [1.82, 2.24) is 10.6 Å². The van der Waals surface area contributed by atoms with E-state index >= 15 is 0 Å². The number of benzene rings is 3. The predicted octanol–water partition coefficient (Wildman–Crippen LogP) is 6.05. The zero-order valence-corrected chi connectivity index (χ0v) is 16.9. The van der Waals surface area contributed by atoms with Crippen molar-refractivity contribution in [3.05, 3.63) is 90.0 Å². The summed E-state index contributed by atoms with van der Waals surface area (Å²) in [5, 5.41) is 9.85. The van der Waals surface area contributed by atoms with Gasteiger partial charge in [-0.15, -0.1) is 11.3 Å². The number of hydrogen-bond donors (Lipinski definition) is 2. The zero-order chi connectivity index (χ0) is 17.5. The number of alkyl halides is 1. The van der Waals surface area contributed by atoms with E-state index in [0.717, 1.165) is 0 Å². The average Bonchev–Trinajstić information content (AvgIpc) is 3.06. The van der Waals surface area contributed by atoms with Crippen LogP contribution in [-0.4, -0.2) is 4.17 Å². The molecular weight excluding hydrogens is 451 g/mol. The molecule has 0 fully saturated rings. The fourth-order valence-corrected chi connectivity index (χ4v) is 5.39. The molecule has 1 aliphatic rings. The maximum atomic E-state index is 3.59. The first kappa shape index (κ1) is 16.3. The van der Waals surface area contributed by atoms with Crippen molar-refractivity contribution in [2.45, 2.75) is 10.2 Å². The number of thiophene rings is 1. The number of halogens is 1. The van der Waals surface area contributed by atoms with Gasteiger partial charge < -0.3 is 5.32 Å². The van der Waals surface area contributed by atoms with Crippen LogP contribution in [0.5, 0.6) is 0 Å². The Morgan fingerprint density at radius 3 is 2.46 bits per heavy atom. The number of hydrogen-bond acceptors (Lipinski definition) is 3. The van der Waals surface area contributed by atoms with Crippen LogP contribution in [0.4, 0.5) is 0 Å². The Kier molecular flexibility index (Phi) is 4.19. The summed E-state index contributed by atoms with van der Waals surface area (Å²) in [4.78, 5) is 0. The third-order valence-corrected chi connectivity index (χ3v) is 6.59. The monoisotopic (exact) mass is 468 g/mol. The second kappa shape index (κ2) is 6.68. The van der Waals surface area contributed by atoms with E-state index in [2.05, 4.69) is 112 Å². The highest BCUT2D eigenvalue weighted by Crippen LogP contribution is 2.36. The van der Waals surface area contributed by atoms with Crippen LogP contribution in [0, 0.1) is 0 Å². The molecule has 3 aromatic carbocycles. The van der Waals surface area contributed by atoms with Crippen molar-refractivity contribution in [2.75, 3.05) is 0 Å². The van der Waals surface area contributed by atoms with E-state index in [1.165, 1.54) is 37.0 Å². The summed E-state index contributed by atoms with van der Waals surface area (Å²) in [5.74, 6) is 0. The summed E-state index contributed by atoms with van der Waals surface area (Å²) < 4.78 is 2.88. The Morgan fingerprint density at radius 2 is 1.58 bits per heavy atom. The van der Waals surface area contributed by atoms with Crippen LogP contribution in [0.3, 0.4) is 0 Å². The third-order valence-electron chi connectivity index (χ3n) is 4.79. The summed E-state index contributed by atoms with van der Waals surface area (Å²) in [6.07, 6.45) is 2.29. The van der Waals surface area contributed by atoms with E-state index in [1.54, 1.807) is 0 Å². The summed E-state index contributed by atoms with van der Waals surface area (Å²) in [5.41, 5.74) is 3.72. The van der Waals surface area contributed by atoms with Gasteiger partial charge in [-0.25, -0.2) is 0 Å². The topological polar surface area (TPSA) is 24.1 Å². The van der Waals surface area contributed by atoms with Crippen LogP contribution >= 0.6 is 33.9 Å². The highest BCUT2D eigenvalue weighted by molar-refractivity contribution is 14.1. The molecule has 5 rings (SSSR count). The minimum Gasteiger partial charge on any atom is -0.361 e. The lowest BCUT2D eigenvalue weighted by Gasteiger charge is -2.29. The molecule has 4 heteroatoms. The molecule has 2 atom stereocenters. The zero-order valence-electron chi connectivity index (χ0n) is 13.9. The van der Waals surface area contributed by atoms with Crippen LogP contribution in [-0.2, 0) is 0 Å². The van der Waals surface area contributed by atoms with Gasteiger partial charge in [-0.2, -0.15) is 0 Å². The van der Waals surface area contributed by atoms with Crippen molar-refractivity contribution in [3.63, 3.8) is 0 Å². The van der Waals surface area contributed by atoms with Crippen molar-refractivity contribution in [1.29, 1.82) is 0 Å². The van der Waals surface area contributed by atoms with Gasteiger partial charge in [0.05, 0.1) is 6.04 Å². The van der Waals surface area contributed by atoms with Crippen molar-refractivity contribution in [3.8, 4) is 0 Å². The van der Waals surface area contributed by atoms with Crippen molar-refractivity contribution >= 4 is 59.8 Å². The molecule has 26 heavy (non-hydrogen) atoms. The first-order valence-electron chi connectivity index (χ1n) is 8.63. The molecular formula is C22H17IN2S. The van der Waals surface area contributed by atoms with Crippen LogP contribution < -0.4 is 10.6 Å². The summed E-state index contributed by atoms with van der Waals surface area (Å²) in [6, 6.07) is 26.3. The van der Waals surface area contributed by atoms with E-state index in [4.69, 9.17) is 0 Å². The minimum absolute atomic E-state index is 0.191. The SMILES string of the molecule is IC1NC(c2ccc3c(c2)sc2ccccc23)=CC(c2ccccc2)N1. The predicted molar refractivity (Wildman–Crippen MR) is 121 cm³/mol. The van der Waals surface area contributed by atoms with Gasteiger partial charge in [-0.3, -0.25) is 5.32 Å². The van der Waals surface area contributed by atoms with Crippen LogP contribution in [0.25, 0.3) is 25.9 Å². The second-order valence-corrected chi connectivity index (χ2v) is 8.78. The third kappa shape index (κ3) is 2.92. The van der Waals surface area contributed by atoms with Crippen molar-refractivity contribution < 1.29 is 0 Å². The fourth-order valence-electron chi connectivity index (χ4n) is 3.52. The Labute approximate surface area is 170 Å². The van der Waals surface area contributed by atoms with E-state index in [-0.39, 0.29) is 10.2 Å². The molecule has 2 unspecified atom stereocenters. The van der Waals surface area contributed by atoms with Crippen LogP contribution in [0.2, 0.25) is 0 Å². The van der Waals surface area contributed by atoms with Crippen molar-refractivity contribution in [2.24, 2.45) is 0 Å². The molecule has 0 saturated heterocycles. The first-order valence-corrected chi connectivity index (χ1v) is 10.7. The minimum atomic E-state index is 0.191. The smallest absolute Gasteiger partial charge is 0.131 e. The Balaban J connectivity index is 1.59. The highest BCUT2D eigenvalue weighted by Gasteiger charge is 2.21. The molecule has 2 N–H and O–H groups in total. The average molecular weight is 468 g/mol. The summed E-state index contributed by atoms with van der Waals surface area (Å²) in [7, 11) is 0. The van der Waals surface area contributed by atoms with Gasteiger partial charge in [0.25, 0.3) is 0 Å². The molecule has 0 spiro atoms. The molecule has 2 heterocycles. The maximum absolute atomic E-state index is 3.59. The Bertz CT molecular complexity index is 1120. The standard InChI is InChI=1S/C22H17IN2S/c23-22-24-18(14-6-2-1-3-7-14)13-19(25-22)15-10-11-17-16-8-4-5-9-20(16)26-21(17)12-15/h1-13,18,22,24-25H. The summed E-state index contributed by atoms with van der Waals surface area (Å²) >= 11 is 4.28. The van der Waals surface area contributed by atoms with Gasteiger partial charge in [-0.05, 0) is 51.9 Å². The quantitative estimate of drug-likeness (QED) is 0.213. The lowest BCUT2D eigenvalue weighted by atomic mass is 10.0. The number of nitrogens with one attached hydrogen (secondary N) is 2. The Hall–Kier alpha value is -1.89. The van der Waals surface area contributed by atoms with E-state index in [9.17, 15) is 0 Å². The van der Waals surface area contributed by atoms with E-state index in [0.29, 0.717) is 0 Å². The lowest BCUT2D eigenvalue weighted by Crippen LogP contribution is -2.42. The molecule has 0 saturated carbocycles. The molecule has 0 aliphatic carbocycles. The molecule has 128 valence electrons. The number of rotatable bonds is 2. The highest BCUT2D eigenvalue weighted by atomic mass is 127. The lowest BCUT2D eigenvalue weighted by molar-refractivity contribution is 0.556. The van der Waals surface area contributed by atoms with Gasteiger partial charge in [0.15, 0.2) is 0 Å². The van der Waals surface area contributed by atoms with Gasteiger partial charge >= 0.3 is 0 Å². The molecule has 0 radical (unpaired) electrons. The van der Waals surface area contributed by atoms with E-state index < -0.39 is 0 Å². The van der Waals surface area contributed by atoms with Gasteiger partial charge in [0.1, 0.15) is 4.17 Å². The molecule has 0 bridgehead atoms. The summed E-state index contributed by atoms with van der Waals surface area (Å²) in [6.45, 7) is 0. The second-order valence-electron chi connectivity index (χ2n) is 6.45. The van der Waals surface area contributed by atoms with Gasteiger partial charge in [0.2, 0.25) is 0 Å². The Morgan fingerprint density at radius 1 is 0.808 bits per heavy atom. The van der Waals surface area contributed by atoms with Crippen LogP contribution in [0.1, 0.15) is 17.2 Å². The first-order chi connectivity index (χ1) is 12.8. The number of fused-ring (bicyclic) bond motifs is 3. The van der Waals surface area contributed by atoms with Gasteiger partial charge in [0, 0.05) is 25.9 Å². The maximum Gasteiger partial charge on any atom is 0.131 e. The van der Waals surface area contributed by atoms with Gasteiger partial charge in [-0.1, -0.05) is 60.7 Å². The molecule has 1 aliphatic heterocycles. The fraction of sp³-hybridized carbons (Fsp3) is 0.0909. The molecule has 4 aromatic rings. The van der Waals surface area contributed by atoms with E-state index in [1.807, 2.05) is 11.3 Å². The normalized spacial score (nSPS) is 20.1.